The maximum Gasteiger partial charge on any atom is 0.247 e. The molecule has 1 amide bonds. The quantitative estimate of drug-likeness (QED) is 0.502. The van der Waals surface area contributed by atoms with Crippen molar-refractivity contribution < 1.29 is 17.9 Å². The second-order valence-electron chi connectivity index (χ2n) is 6.58. The van der Waals surface area contributed by atoms with Crippen LogP contribution in [-0.2, 0) is 21.4 Å². The predicted molar refractivity (Wildman–Crippen MR) is 122 cm³/mol. The van der Waals surface area contributed by atoms with E-state index >= 15 is 0 Å². The molecule has 162 valence electrons. The number of sulfonamides is 1. The maximum atomic E-state index is 13.5. The summed E-state index contributed by atoms with van der Waals surface area (Å²) in [5, 5.41) is 3.24. The molecule has 0 unspecified atom stereocenters. The number of hydrogen-bond donors (Lipinski definition) is 1. The summed E-state index contributed by atoms with van der Waals surface area (Å²) in [5.74, 6) is -0.400. The minimum Gasteiger partial charge on any atom is -0.495 e. The zero-order valence-electron chi connectivity index (χ0n) is 16.6. The molecule has 3 rings (SSSR count). The molecule has 0 atom stereocenters. The normalized spacial score (nSPS) is 11.4. The van der Waals surface area contributed by atoms with Gasteiger partial charge >= 0.3 is 0 Å². The molecule has 0 aliphatic carbocycles. The van der Waals surface area contributed by atoms with Gasteiger partial charge < -0.3 is 10.1 Å². The van der Waals surface area contributed by atoms with Crippen LogP contribution in [0.25, 0.3) is 0 Å². The van der Waals surface area contributed by atoms with Crippen LogP contribution in [0.3, 0.4) is 0 Å². The van der Waals surface area contributed by atoms with Crippen molar-refractivity contribution in [2.75, 3.05) is 19.0 Å². The highest BCUT2D eigenvalue weighted by molar-refractivity contribution is 7.89. The molecule has 0 aliphatic rings. The van der Waals surface area contributed by atoms with Gasteiger partial charge in [-0.25, -0.2) is 8.42 Å². The molecule has 1 N–H and O–H groups in total. The molecule has 0 aliphatic heterocycles. The van der Waals surface area contributed by atoms with E-state index in [2.05, 4.69) is 5.32 Å². The van der Waals surface area contributed by atoms with Gasteiger partial charge in [-0.05, 0) is 35.9 Å². The summed E-state index contributed by atoms with van der Waals surface area (Å²) < 4.78 is 33.3. The Morgan fingerprint density at radius 3 is 2.35 bits per heavy atom. The standard InChI is InChI=1S/C22H20Cl2N2O4S/c1-30-20-12-11-17(23)13-21(20)31(28,29)26(14-16-7-3-2-4-8-16)15-22(27)25-19-10-6-5-9-18(19)24/h2-13H,14-15H2,1H3,(H,25,27). The first kappa shape index (κ1) is 23.1. The largest absolute Gasteiger partial charge is 0.495 e. The van der Waals surface area contributed by atoms with E-state index in [-0.39, 0.29) is 22.2 Å². The Morgan fingerprint density at radius 1 is 1.00 bits per heavy atom. The second kappa shape index (κ2) is 10.2. The Bertz CT molecular complexity index is 1170. The number of nitrogens with one attached hydrogen (secondary N) is 1. The summed E-state index contributed by atoms with van der Waals surface area (Å²) in [5.41, 5.74) is 1.11. The van der Waals surface area contributed by atoms with Crippen LogP contribution in [0.15, 0.2) is 77.7 Å². The molecule has 3 aromatic rings. The van der Waals surface area contributed by atoms with E-state index in [1.807, 2.05) is 6.07 Å². The lowest BCUT2D eigenvalue weighted by Crippen LogP contribution is -2.37. The third kappa shape index (κ3) is 5.77. The van der Waals surface area contributed by atoms with Crippen LogP contribution < -0.4 is 10.1 Å². The van der Waals surface area contributed by atoms with E-state index < -0.39 is 22.5 Å². The van der Waals surface area contributed by atoms with Crippen molar-refractivity contribution in [1.29, 1.82) is 0 Å². The molecule has 0 aromatic heterocycles. The van der Waals surface area contributed by atoms with Crippen molar-refractivity contribution in [1.82, 2.24) is 4.31 Å². The third-order valence-corrected chi connectivity index (χ3v) is 6.79. The van der Waals surface area contributed by atoms with Gasteiger partial charge in [0.25, 0.3) is 0 Å². The van der Waals surface area contributed by atoms with Gasteiger partial charge in [0.1, 0.15) is 10.6 Å². The number of ether oxygens (including phenoxy) is 1. The number of para-hydroxylation sites is 1. The average molecular weight is 479 g/mol. The van der Waals surface area contributed by atoms with E-state index in [9.17, 15) is 13.2 Å². The number of anilines is 1. The molecule has 31 heavy (non-hydrogen) atoms. The van der Waals surface area contributed by atoms with Gasteiger partial charge in [0.05, 0.1) is 24.4 Å². The van der Waals surface area contributed by atoms with Crippen molar-refractivity contribution in [2.45, 2.75) is 11.4 Å². The zero-order valence-corrected chi connectivity index (χ0v) is 18.9. The molecule has 0 spiro atoms. The number of carbonyl (C=O) groups is 1. The number of amides is 1. The van der Waals surface area contributed by atoms with Crippen molar-refractivity contribution in [2.24, 2.45) is 0 Å². The first-order valence-corrected chi connectivity index (χ1v) is 11.4. The van der Waals surface area contributed by atoms with Crippen LogP contribution in [0.4, 0.5) is 5.69 Å². The molecule has 0 saturated heterocycles. The fraction of sp³-hybridized carbons (Fsp3) is 0.136. The number of rotatable bonds is 8. The number of halogens is 2. The highest BCUT2D eigenvalue weighted by Crippen LogP contribution is 2.30. The Labute approximate surface area is 191 Å². The van der Waals surface area contributed by atoms with Gasteiger partial charge in [-0.15, -0.1) is 0 Å². The molecule has 0 heterocycles. The highest BCUT2D eigenvalue weighted by Gasteiger charge is 2.30. The number of hydrogen-bond acceptors (Lipinski definition) is 4. The van der Waals surface area contributed by atoms with Crippen LogP contribution in [0.5, 0.6) is 5.75 Å². The molecule has 0 fully saturated rings. The maximum absolute atomic E-state index is 13.5. The van der Waals surface area contributed by atoms with E-state index in [0.717, 1.165) is 9.87 Å². The molecule has 9 heteroatoms. The Balaban J connectivity index is 1.95. The lowest BCUT2D eigenvalue weighted by molar-refractivity contribution is -0.116. The molecular weight excluding hydrogens is 459 g/mol. The number of benzene rings is 3. The Morgan fingerprint density at radius 2 is 1.68 bits per heavy atom. The predicted octanol–water partition coefficient (Wildman–Crippen LogP) is 4.83. The monoisotopic (exact) mass is 478 g/mol. The van der Waals surface area contributed by atoms with Gasteiger partial charge in [-0.1, -0.05) is 65.7 Å². The average Bonchev–Trinajstić information content (AvgIpc) is 2.75. The zero-order chi connectivity index (χ0) is 22.4. The second-order valence-corrected chi connectivity index (χ2v) is 9.33. The molecule has 0 bridgehead atoms. The lowest BCUT2D eigenvalue weighted by Gasteiger charge is -2.23. The molecule has 0 saturated carbocycles. The van der Waals surface area contributed by atoms with Crippen LogP contribution >= 0.6 is 23.2 Å². The number of nitrogens with zero attached hydrogens (tertiary/aromatic N) is 1. The van der Waals surface area contributed by atoms with Crippen molar-refractivity contribution in [3.8, 4) is 5.75 Å². The summed E-state index contributed by atoms with van der Waals surface area (Å²) in [6.07, 6.45) is 0. The van der Waals surface area contributed by atoms with E-state index in [0.29, 0.717) is 10.7 Å². The van der Waals surface area contributed by atoms with E-state index in [4.69, 9.17) is 27.9 Å². The highest BCUT2D eigenvalue weighted by atomic mass is 35.5. The van der Waals surface area contributed by atoms with E-state index in [1.165, 1.54) is 25.3 Å². The topological polar surface area (TPSA) is 75.7 Å². The van der Waals surface area contributed by atoms with Crippen LogP contribution in [0.1, 0.15) is 5.56 Å². The van der Waals surface area contributed by atoms with Gasteiger partial charge in [0.2, 0.25) is 15.9 Å². The van der Waals surface area contributed by atoms with Crippen LogP contribution in [0.2, 0.25) is 10.0 Å². The number of methoxy groups -OCH3 is 1. The smallest absolute Gasteiger partial charge is 0.247 e. The SMILES string of the molecule is COc1ccc(Cl)cc1S(=O)(=O)N(CC(=O)Nc1ccccc1Cl)Cc1ccccc1. The summed E-state index contributed by atoms with van der Waals surface area (Å²) >= 11 is 12.1. The summed E-state index contributed by atoms with van der Waals surface area (Å²) in [6.45, 7) is -0.451. The number of carbonyl (C=O) groups excluding carboxylic acids is 1. The lowest BCUT2D eigenvalue weighted by atomic mass is 10.2. The van der Waals surface area contributed by atoms with Crippen LogP contribution in [-0.4, -0.2) is 32.3 Å². The van der Waals surface area contributed by atoms with Gasteiger partial charge in [0.15, 0.2) is 0 Å². The fourth-order valence-electron chi connectivity index (χ4n) is 2.92. The van der Waals surface area contributed by atoms with Crippen molar-refractivity contribution >= 4 is 44.8 Å². The summed E-state index contributed by atoms with van der Waals surface area (Å²) in [4.78, 5) is 12.6. The fourth-order valence-corrected chi connectivity index (χ4v) is 4.90. The van der Waals surface area contributed by atoms with E-state index in [1.54, 1.807) is 48.5 Å². The van der Waals surface area contributed by atoms with Gasteiger partial charge in [-0.2, -0.15) is 4.31 Å². The van der Waals surface area contributed by atoms with Gasteiger partial charge in [-0.3, -0.25) is 4.79 Å². The Hall–Kier alpha value is -2.58. The Kier molecular flexibility index (Phi) is 7.56. The minimum absolute atomic E-state index is 0.0191. The van der Waals surface area contributed by atoms with Gasteiger partial charge in [0, 0.05) is 11.6 Å². The summed E-state index contributed by atoms with van der Waals surface area (Å²) in [7, 11) is -2.76. The molecule has 6 nitrogen and oxygen atoms in total. The molecule has 3 aromatic carbocycles. The minimum atomic E-state index is -4.13. The molecular formula is C22H20Cl2N2O4S. The van der Waals surface area contributed by atoms with Crippen molar-refractivity contribution in [3.05, 3.63) is 88.4 Å². The first-order valence-electron chi connectivity index (χ1n) is 9.23. The van der Waals surface area contributed by atoms with Crippen molar-refractivity contribution in [3.63, 3.8) is 0 Å². The summed E-state index contributed by atoms with van der Waals surface area (Å²) in [6, 6.07) is 20.0. The molecule has 0 radical (unpaired) electrons. The third-order valence-electron chi connectivity index (χ3n) is 4.41. The van der Waals surface area contributed by atoms with Crippen LogP contribution in [0, 0.1) is 0 Å². The first-order chi connectivity index (χ1) is 14.8.